The fourth-order valence-electron chi connectivity index (χ4n) is 2.70. The Morgan fingerprint density at radius 3 is 2.65 bits per heavy atom. The molecule has 122 valence electrons. The number of amides is 1. The van der Waals surface area contributed by atoms with E-state index < -0.39 is 6.10 Å². The highest BCUT2D eigenvalue weighted by atomic mass is 16.5. The van der Waals surface area contributed by atoms with Crippen molar-refractivity contribution in [3.05, 3.63) is 41.7 Å². The number of benzene rings is 1. The number of carbonyl (C=O) groups excluding carboxylic acids is 1. The Kier molecular flexibility index (Phi) is 4.73. The Morgan fingerprint density at radius 2 is 2.00 bits per heavy atom. The van der Waals surface area contributed by atoms with Gasteiger partial charge in [0.2, 0.25) is 0 Å². The monoisotopic (exact) mass is 316 g/mol. The van der Waals surface area contributed by atoms with Crippen molar-refractivity contribution in [2.24, 2.45) is 0 Å². The molecule has 1 aromatic carbocycles. The molecule has 0 aliphatic carbocycles. The highest BCUT2D eigenvalue weighted by Crippen LogP contribution is 2.29. The fourth-order valence-corrected chi connectivity index (χ4v) is 2.70. The summed E-state index contributed by atoms with van der Waals surface area (Å²) in [7, 11) is 0. The van der Waals surface area contributed by atoms with Gasteiger partial charge in [-0.25, -0.2) is 0 Å². The maximum Gasteiger partial charge on any atom is 0.257 e. The van der Waals surface area contributed by atoms with E-state index in [0.29, 0.717) is 24.5 Å². The lowest BCUT2D eigenvalue weighted by Crippen LogP contribution is -2.39. The summed E-state index contributed by atoms with van der Waals surface area (Å²) in [5.74, 6) is -0.0821. The maximum atomic E-state index is 12.7. The topological polar surface area (TPSA) is 84.6 Å². The van der Waals surface area contributed by atoms with Crippen molar-refractivity contribution in [2.45, 2.75) is 31.9 Å². The van der Waals surface area contributed by atoms with Crippen molar-refractivity contribution in [1.82, 2.24) is 10.5 Å². The van der Waals surface area contributed by atoms with E-state index in [4.69, 9.17) is 9.26 Å². The summed E-state index contributed by atoms with van der Waals surface area (Å²) in [6.07, 6.45) is 0.652. The summed E-state index contributed by atoms with van der Waals surface area (Å²) in [5.41, 5.74) is 1.53. The van der Waals surface area contributed by atoms with Crippen molar-refractivity contribution >= 4 is 5.91 Å². The van der Waals surface area contributed by atoms with E-state index in [-0.39, 0.29) is 17.7 Å². The molecule has 6 heteroatoms. The number of hydrogen-bond acceptors (Lipinski definition) is 5. The number of aromatic nitrogens is 1. The molecule has 3 rings (SSSR count). The van der Waals surface area contributed by atoms with Crippen molar-refractivity contribution < 1.29 is 19.2 Å². The quantitative estimate of drug-likeness (QED) is 0.904. The molecule has 1 aliphatic rings. The molecule has 0 bridgehead atoms. The molecular formula is C17H20N2O4. The minimum Gasteiger partial charge on any atom is -0.385 e. The van der Waals surface area contributed by atoms with E-state index in [2.05, 4.69) is 10.5 Å². The lowest BCUT2D eigenvalue weighted by molar-refractivity contribution is 0.0692. The van der Waals surface area contributed by atoms with Crippen LogP contribution in [0.5, 0.6) is 0 Å². The normalized spacial score (nSPS) is 17.0. The van der Waals surface area contributed by atoms with Crippen LogP contribution in [0.3, 0.4) is 0 Å². The van der Waals surface area contributed by atoms with Crippen molar-refractivity contribution in [1.29, 1.82) is 0 Å². The zero-order chi connectivity index (χ0) is 16.2. The molecule has 2 N–H and O–H groups in total. The van der Waals surface area contributed by atoms with Crippen LogP contribution in [0.1, 0.15) is 42.0 Å². The number of hydrogen-bond donors (Lipinski definition) is 2. The van der Waals surface area contributed by atoms with Gasteiger partial charge < -0.3 is 19.7 Å². The van der Waals surface area contributed by atoms with Gasteiger partial charge in [0.05, 0.1) is 0 Å². The van der Waals surface area contributed by atoms with Gasteiger partial charge in [0.15, 0.2) is 5.76 Å². The molecule has 1 fully saturated rings. The van der Waals surface area contributed by atoms with Gasteiger partial charge in [0, 0.05) is 24.8 Å². The summed E-state index contributed by atoms with van der Waals surface area (Å²) in [4.78, 5) is 12.7. The number of nitrogens with zero attached hydrogens (tertiary/aromatic N) is 1. The van der Waals surface area contributed by atoms with Crippen LogP contribution in [0.25, 0.3) is 11.3 Å². The van der Waals surface area contributed by atoms with E-state index in [1.165, 1.54) is 0 Å². The second-order valence-corrected chi connectivity index (χ2v) is 5.67. The number of nitrogens with one attached hydrogen (secondary N) is 1. The van der Waals surface area contributed by atoms with Crippen LogP contribution in [-0.2, 0) is 4.74 Å². The van der Waals surface area contributed by atoms with Crippen LogP contribution in [-0.4, -0.2) is 35.4 Å². The SMILES string of the molecule is CC(O)c1onc(-c2ccccc2)c1C(=O)NC1CCOCC1. The second kappa shape index (κ2) is 6.93. The van der Waals surface area contributed by atoms with Gasteiger partial charge in [-0.05, 0) is 19.8 Å². The van der Waals surface area contributed by atoms with E-state index in [1.807, 2.05) is 30.3 Å². The maximum absolute atomic E-state index is 12.7. The van der Waals surface area contributed by atoms with E-state index in [9.17, 15) is 9.90 Å². The highest BCUT2D eigenvalue weighted by Gasteiger charge is 2.28. The lowest BCUT2D eigenvalue weighted by Gasteiger charge is -2.23. The molecule has 6 nitrogen and oxygen atoms in total. The van der Waals surface area contributed by atoms with Crippen molar-refractivity contribution in [3.63, 3.8) is 0 Å². The minimum absolute atomic E-state index is 0.0663. The first-order valence-corrected chi connectivity index (χ1v) is 7.78. The van der Waals surface area contributed by atoms with Crippen LogP contribution in [0, 0.1) is 0 Å². The van der Waals surface area contributed by atoms with Crippen LogP contribution in [0.15, 0.2) is 34.9 Å². The zero-order valence-corrected chi connectivity index (χ0v) is 13.0. The van der Waals surface area contributed by atoms with Gasteiger partial charge in [0.25, 0.3) is 5.91 Å². The first-order chi connectivity index (χ1) is 11.2. The Labute approximate surface area is 134 Å². The first kappa shape index (κ1) is 15.7. The molecular weight excluding hydrogens is 296 g/mol. The third-order valence-corrected chi connectivity index (χ3v) is 3.93. The summed E-state index contributed by atoms with van der Waals surface area (Å²) in [5, 5.41) is 16.9. The minimum atomic E-state index is -0.907. The molecule has 0 spiro atoms. The van der Waals surface area contributed by atoms with Gasteiger partial charge in [-0.1, -0.05) is 35.5 Å². The molecule has 1 atom stereocenters. The zero-order valence-electron chi connectivity index (χ0n) is 13.0. The van der Waals surface area contributed by atoms with Crippen LogP contribution in [0.4, 0.5) is 0 Å². The number of aliphatic hydroxyl groups excluding tert-OH is 1. The molecule has 0 radical (unpaired) electrons. The molecule has 1 aliphatic heterocycles. The Balaban J connectivity index is 1.92. The molecule has 1 aromatic heterocycles. The predicted molar refractivity (Wildman–Crippen MR) is 83.9 cm³/mol. The van der Waals surface area contributed by atoms with E-state index in [1.54, 1.807) is 6.92 Å². The molecule has 1 amide bonds. The van der Waals surface area contributed by atoms with Gasteiger partial charge >= 0.3 is 0 Å². The summed E-state index contributed by atoms with van der Waals surface area (Å²) in [6.45, 7) is 2.84. The second-order valence-electron chi connectivity index (χ2n) is 5.67. The van der Waals surface area contributed by atoms with Gasteiger partial charge in [-0.3, -0.25) is 4.79 Å². The number of aliphatic hydroxyl groups is 1. The van der Waals surface area contributed by atoms with Crippen LogP contribution >= 0.6 is 0 Å². The molecule has 2 aromatic rings. The Bertz CT molecular complexity index is 660. The molecule has 1 saturated heterocycles. The van der Waals surface area contributed by atoms with Crippen LogP contribution < -0.4 is 5.32 Å². The van der Waals surface area contributed by atoms with Crippen molar-refractivity contribution in [2.75, 3.05) is 13.2 Å². The average molecular weight is 316 g/mol. The summed E-state index contributed by atoms with van der Waals surface area (Å²) < 4.78 is 10.5. The molecule has 2 heterocycles. The molecule has 1 unspecified atom stereocenters. The van der Waals surface area contributed by atoms with Gasteiger partial charge in [0.1, 0.15) is 17.4 Å². The summed E-state index contributed by atoms with van der Waals surface area (Å²) in [6, 6.07) is 9.40. The largest absolute Gasteiger partial charge is 0.385 e. The highest BCUT2D eigenvalue weighted by molar-refractivity contribution is 6.01. The van der Waals surface area contributed by atoms with Gasteiger partial charge in [-0.2, -0.15) is 0 Å². The smallest absolute Gasteiger partial charge is 0.257 e. The van der Waals surface area contributed by atoms with E-state index >= 15 is 0 Å². The lowest BCUT2D eigenvalue weighted by atomic mass is 10.0. The van der Waals surface area contributed by atoms with E-state index in [0.717, 1.165) is 18.4 Å². The Hall–Kier alpha value is -2.18. The fraction of sp³-hybridized carbons (Fsp3) is 0.412. The molecule has 23 heavy (non-hydrogen) atoms. The van der Waals surface area contributed by atoms with Gasteiger partial charge in [-0.15, -0.1) is 0 Å². The third-order valence-electron chi connectivity index (χ3n) is 3.93. The number of rotatable bonds is 4. The number of carbonyl (C=O) groups is 1. The summed E-state index contributed by atoms with van der Waals surface area (Å²) >= 11 is 0. The third kappa shape index (κ3) is 3.43. The predicted octanol–water partition coefficient (Wildman–Crippen LogP) is 2.30. The molecule has 0 saturated carbocycles. The Morgan fingerprint density at radius 1 is 1.30 bits per heavy atom. The van der Waals surface area contributed by atoms with Crippen LogP contribution in [0.2, 0.25) is 0 Å². The standard InChI is InChI=1S/C17H20N2O4/c1-11(20)16-14(17(21)18-13-7-9-22-10-8-13)15(19-23-16)12-5-3-2-4-6-12/h2-6,11,13,20H,7-10H2,1H3,(H,18,21). The first-order valence-electron chi connectivity index (χ1n) is 7.78. The van der Waals surface area contributed by atoms with Crippen molar-refractivity contribution in [3.8, 4) is 11.3 Å². The number of ether oxygens (including phenoxy) is 1. The average Bonchev–Trinajstić information content (AvgIpc) is 3.02.